The smallest absolute Gasteiger partial charge is 0.0700 e. The van der Waals surface area contributed by atoms with Gasteiger partial charge in [-0.15, -0.1) is 0 Å². The Morgan fingerprint density at radius 1 is 1.38 bits per heavy atom. The van der Waals surface area contributed by atoms with Gasteiger partial charge in [0.2, 0.25) is 0 Å². The van der Waals surface area contributed by atoms with E-state index < -0.39 is 0 Å². The fourth-order valence-electron chi connectivity index (χ4n) is 1.57. The third-order valence-corrected chi connectivity index (χ3v) is 3.22. The highest BCUT2D eigenvalue weighted by Gasteiger charge is 2.23. The van der Waals surface area contributed by atoms with Crippen LogP contribution in [0, 0.1) is 11.8 Å². The molecular weight excluding hydrogens is 162 g/mol. The number of ether oxygens (including phenoxy) is 1. The first-order chi connectivity index (χ1) is 6.11. The molecule has 0 amide bonds. The molecule has 2 nitrogen and oxygen atoms in total. The van der Waals surface area contributed by atoms with E-state index in [0.717, 1.165) is 25.0 Å². The zero-order valence-corrected chi connectivity index (χ0v) is 9.34. The Hall–Kier alpha value is -0.0800. The third-order valence-electron chi connectivity index (χ3n) is 3.22. The van der Waals surface area contributed by atoms with Crippen LogP contribution in [-0.2, 0) is 4.74 Å². The van der Waals surface area contributed by atoms with E-state index in [9.17, 15) is 0 Å². The van der Waals surface area contributed by atoms with Crippen molar-refractivity contribution in [1.82, 2.24) is 5.32 Å². The summed E-state index contributed by atoms with van der Waals surface area (Å²) in [5, 5.41) is 3.59. The van der Waals surface area contributed by atoms with Crippen molar-refractivity contribution in [3.63, 3.8) is 0 Å². The molecule has 2 heteroatoms. The summed E-state index contributed by atoms with van der Waals surface area (Å²) < 4.78 is 5.50. The van der Waals surface area contributed by atoms with Crippen LogP contribution in [0.2, 0.25) is 0 Å². The first kappa shape index (κ1) is 11.0. The van der Waals surface area contributed by atoms with Crippen LogP contribution in [0.25, 0.3) is 0 Å². The molecule has 3 unspecified atom stereocenters. The normalized spacial score (nSPS) is 31.2. The van der Waals surface area contributed by atoms with Crippen molar-refractivity contribution in [2.75, 3.05) is 13.2 Å². The van der Waals surface area contributed by atoms with E-state index in [4.69, 9.17) is 4.74 Å². The topological polar surface area (TPSA) is 21.3 Å². The van der Waals surface area contributed by atoms with E-state index in [2.05, 4.69) is 33.0 Å². The van der Waals surface area contributed by atoms with E-state index in [1.54, 1.807) is 0 Å². The van der Waals surface area contributed by atoms with Crippen LogP contribution in [0.3, 0.4) is 0 Å². The predicted octanol–water partition coefficient (Wildman–Crippen LogP) is 2.05. The number of rotatable bonds is 4. The summed E-state index contributed by atoms with van der Waals surface area (Å²) in [4.78, 5) is 0. The molecule has 1 N–H and O–H groups in total. The van der Waals surface area contributed by atoms with Gasteiger partial charge in [0.1, 0.15) is 0 Å². The van der Waals surface area contributed by atoms with E-state index in [1.165, 1.54) is 6.42 Å². The summed E-state index contributed by atoms with van der Waals surface area (Å²) in [6, 6.07) is 0.584. The minimum atomic E-state index is 0.402. The monoisotopic (exact) mass is 185 g/mol. The van der Waals surface area contributed by atoms with Crippen LogP contribution in [0.5, 0.6) is 0 Å². The van der Waals surface area contributed by atoms with Crippen molar-refractivity contribution in [3.8, 4) is 0 Å². The standard InChI is InChI=1S/C11H23NO/c1-8(2)9(3)7-12-11-5-6-13-10(11)4/h8-12H,5-7H2,1-4H3. The van der Waals surface area contributed by atoms with Gasteiger partial charge >= 0.3 is 0 Å². The lowest BCUT2D eigenvalue weighted by Crippen LogP contribution is -2.38. The fraction of sp³-hybridized carbons (Fsp3) is 1.00. The minimum absolute atomic E-state index is 0.402. The molecule has 1 aliphatic rings. The van der Waals surface area contributed by atoms with Gasteiger partial charge < -0.3 is 10.1 Å². The van der Waals surface area contributed by atoms with E-state index in [-0.39, 0.29) is 0 Å². The highest BCUT2D eigenvalue weighted by atomic mass is 16.5. The maximum absolute atomic E-state index is 5.50. The highest BCUT2D eigenvalue weighted by molar-refractivity contribution is 4.79. The van der Waals surface area contributed by atoms with Crippen molar-refractivity contribution in [3.05, 3.63) is 0 Å². The number of nitrogens with one attached hydrogen (secondary N) is 1. The van der Waals surface area contributed by atoms with Crippen LogP contribution in [0.4, 0.5) is 0 Å². The molecule has 0 bridgehead atoms. The van der Waals surface area contributed by atoms with Crippen molar-refractivity contribution < 1.29 is 4.74 Å². The Morgan fingerprint density at radius 3 is 2.54 bits per heavy atom. The molecule has 0 saturated carbocycles. The summed E-state index contributed by atoms with van der Waals surface area (Å²) in [6.45, 7) is 11.1. The third kappa shape index (κ3) is 3.28. The summed E-state index contributed by atoms with van der Waals surface area (Å²) in [5.74, 6) is 1.53. The molecular formula is C11H23NO. The first-order valence-corrected chi connectivity index (χ1v) is 5.46. The Labute approximate surface area is 82.0 Å². The lowest BCUT2D eigenvalue weighted by atomic mass is 9.97. The zero-order valence-electron chi connectivity index (χ0n) is 9.34. The minimum Gasteiger partial charge on any atom is -0.377 e. The molecule has 0 spiro atoms. The molecule has 0 aromatic rings. The summed E-state index contributed by atoms with van der Waals surface area (Å²) in [5.41, 5.74) is 0. The number of hydrogen-bond acceptors (Lipinski definition) is 2. The zero-order chi connectivity index (χ0) is 9.84. The van der Waals surface area contributed by atoms with Crippen molar-refractivity contribution in [2.24, 2.45) is 11.8 Å². The van der Waals surface area contributed by atoms with Gasteiger partial charge in [-0.05, 0) is 31.7 Å². The van der Waals surface area contributed by atoms with E-state index in [0.29, 0.717) is 12.1 Å². The van der Waals surface area contributed by atoms with Gasteiger partial charge in [0.15, 0.2) is 0 Å². The largest absolute Gasteiger partial charge is 0.377 e. The van der Waals surface area contributed by atoms with Crippen molar-refractivity contribution >= 4 is 0 Å². The molecule has 1 heterocycles. The Bertz CT molecular complexity index is 147. The second-order valence-electron chi connectivity index (χ2n) is 4.60. The average Bonchev–Trinajstić information content (AvgIpc) is 2.47. The van der Waals surface area contributed by atoms with Gasteiger partial charge in [-0.3, -0.25) is 0 Å². The lowest BCUT2D eigenvalue weighted by molar-refractivity contribution is 0.112. The molecule has 0 aromatic heterocycles. The van der Waals surface area contributed by atoms with Crippen LogP contribution >= 0.6 is 0 Å². The van der Waals surface area contributed by atoms with E-state index >= 15 is 0 Å². The van der Waals surface area contributed by atoms with E-state index in [1.807, 2.05) is 0 Å². The quantitative estimate of drug-likeness (QED) is 0.723. The second kappa shape index (κ2) is 4.97. The maximum atomic E-state index is 5.50. The maximum Gasteiger partial charge on any atom is 0.0700 e. The molecule has 0 aromatic carbocycles. The molecule has 78 valence electrons. The molecule has 1 aliphatic heterocycles. The van der Waals surface area contributed by atoms with Gasteiger partial charge in [-0.1, -0.05) is 20.8 Å². The Morgan fingerprint density at radius 2 is 2.08 bits per heavy atom. The predicted molar refractivity (Wildman–Crippen MR) is 55.8 cm³/mol. The number of hydrogen-bond donors (Lipinski definition) is 1. The van der Waals surface area contributed by atoms with Gasteiger partial charge in [-0.2, -0.15) is 0 Å². The van der Waals surface area contributed by atoms with Crippen LogP contribution in [0.1, 0.15) is 34.1 Å². The first-order valence-electron chi connectivity index (χ1n) is 5.46. The van der Waals surface area contributed by atoms with Crippen LogP contribution < -0.4 is 5.32 Å². The van der Waals surface area contributed by atoms with Crippen molar-refractivity contribution in [2.45, 2.75) is 46.3 Å². The molecule has 0 radical (unpaired) electrons. The second-order valence-corrected chi connectivity index (χ2v) is 4.60. The lowest BCUT2D eigenvalue weighted by Gasteiger charge is -2.21. The molecule has 1 rings (SSSR count). The van der Waals surface area contributed by atoms with Crippen molar-refractivity contribution in [1.29, 1.82) is 0 Å². The summed E-state index contributed by atoms with van der Waals surface area (Å²) >= 11 is 0. The SMILES string of the molecule is CC(C)C(C)CNC1CCOC1C. The van der Waals surface area contributed by atoms with Gasteiger partial charge in [0, 0.05) is 12.6 Å². The average molecular weight is 185 g/mol. The Balaban J connectivity index is 2.18. The molecule has 1 saturated heterocycles. The van der Waals surface area contributed by atoms with Gasteiger partial charge in [-0.25, -0.2) is 0 Å². The van der Waals surface area contributed by atoms with Gasteiger partial charge in [0.05, 0.1) is 6.10 Å². The summed E-state index contributed by atoms with van der Waals surface area (Å²) in [6.07, 6.45) is 1.57. The highest BCUT2D eigenvalue weighted by Crippen LogP contribution is 2.14. The van der Waals surface area contributed by atoms with Crippen LogP contribution in [0.15, 0.2) is 0 Å². The molecule has 13 heavy (non-hydrogen) atoms. The fourth-order valence-corrected chi connectivity index (χ4v) is 1.57. The Kier molecular flexibility index (Phi) is 4.20. The van der Waals surface area contributed by atoms with Crippen LogP contribution in [-0.4, -0.2) is 25.3 Å². The molecule has 0 aliphatic carbocycles. The molecule has 1 fully saturated rings. The summed E-state index contributed by atoms with van der Waals surface area (Å²) in [7, 11) is 0. The van der Waals surface area contributed by atoms with Gasteiger partial charge in [0.25, 0.3) is 0 Å². The molecule has 3 atom stereocenters.